The standard InChI is InChI=1S/C17H27N2O6P/c1-11(2)24-26(22,25-12(3)4)10-23-15-7-6-14(8-15)19-9-13(5)16(20)18-17(19)21/h6-7,9,11-12,14-15H,8,10H2,1-5H3,(H,18,20,21)/t14-,15+/m0/s1. The van der Waals surface area contributed by atoms with Gasteiger partial charge < -0.3 is 13.8 Å². The molecule has 9 heteroatoms. The Morgan fingerprint density at radius 1 is 1.19 bits per heavy atom. The van der Waals surface area contributed by atoms with E-state index in [1.54, 1.807) is 34.6 Å². The Bertz CT molecular complexity index is 796. The fraction of sp³-hybridized carbons (Fsp3) is 0.647. The maximum absolute atomic E-state index is 12.8. The molecule has 0 aromatic carbocycles. The van der Waals surface area contributed by atoms with Gasteiger partial charge in [0.15, 0.2) is 0 Å². The van der Waals surface area contributed by atoms with Crippen LogP contribution >= 0.6 is 7.60 Å². The van der Waals surface area contributed by atoms with Crippen molar-refractivity contribution >= 4 is 7.60 Å². The maximum atomic E-state index is 12.8. The third-order valence-electron chi connectivity index (χ3n) is 3.71. The lowest BCUT2D eigenvalue weighted by molar-refractivity contribution is 0.0718. The molecular weight excluding hydrogens is 359 g/mol. The van der Waals surface area contributed by atoms with Crippen molar-refractivity contribution in [2.75, 3.05) is 6.35 Å². The number of aromatic amines is 1. The number of aromatic nitrogens is 2. The normalized spacial score (nSPS) is 20.4. The largest absolute Gasteiger partial charge is 0.361 e. The minimum atomic E-state index is -3.37. The van der Waals surface area contributed by atoms with Gasteiger partial charge in [0.25, 0.3) is 5.56 Å². The number of allylic oxidation sites excluding steroid dienone is 1. The van der Waals surface area contributed by atoms with Crippen molar-refractivity contribution in [3.63, 3.8) is 0 Å². The second kappa shape index (κ2) is 8.48. The van der Waals surface area contributed by atoms with Crippen LogP contribution in [0, 0.1) is 6.92 Å². The van der Waals surface area contributed by atoms with Crippen molar-refractivity contribution in [1.82, 2.24) is 9.55 Å². The summed E-state index contributed by atoms with van der Waals surface area (Å²) in [4.78, 5) is 25.8. The molecular formula is C17H27N2O6P. The monoisotopic (exact) mass is 386 g/mol. The molecule has 0 fully saturated rings. The summed E-state index contributed by atoms with van der Waals surface area (Å²) in [7, 11) is -3.37. The first-order valence-electron chi connectivity index (χ1n) is 8.67. The molecule has 0 saturated heterocycles. The lowest BCUT2D eigenvalue weighted by Crippen LogP contribution is -2.32. The molecule has 26 heavy (non-hydrogen) atoms. The molecule has 1 N–H and O–H groups in total. The summed E-state index contributed by atoms with van der Waals surface area (Å²) in [5.74, 6) is 0. The maximum Gasteiger partial charge on any atom is 0.356 e. The summed E-state index contributed by atoms with van der Waals surface area (Å²) in [5, 5.41) is 0. The predicted molar refractivity (Wildman–Crippen MR) is 98.6 cm³/mol. The highest BCUT2D eigenvalue weighted by Gasteiger charge is 2.31. The molecule has 1 aromatic heterocycles. The summed E-state index contributed by atoms with van der Waals surface area (Å²) in [5.41, 5.74) is -0.394. The number of hydrogen-bond acceptors (Lipinski definition) is 6. The van der Waals surface area contributed by atoms with Crippen LogP contribution in [-0.2, 0) is 18.3 Å². The van der Waals surface area contributed by atoms with E-state index >= 15 is 0 Å². The van der Waals surface area contributed by atoms with E-state index in [1.807, 2.05) is 12.2 Å². The Morgan fingerprint density at radius 2 is 1.81 bits per heavy atom. The number of ether oxygens (including phenoxy) is 1. The molecule has 0 unspecified atom stereocenters. The predicted octanol–water partition coefficient (Wildman–Crippen LogP) is 2.73. The van der Waals surface area contributed by atoms with Gasteiger partial charge in [-0.1, -0.05) is 12.2 Å². The molecule has 146 valence electrons. The number of rotatable bonds is 8. The van der Waals surface area contributed by atoms with Gasteiger partial charge in [-0.2, -0.15) is 0 Å². The van der Waals surface area contributed by atoms with Crippen molar-refractivity contribution < 1.29 is 18.3 Å². The van der Waals surface area contributed by atoms with Gasteiger partial charge in [-0.15, -0.1) is 0 Å². The molecule has 0 spiro atoms. The van der Waals surface area contributed by atoms with Crippen molar-refractivity contribution in [2.45, 2.75) is 65.4 Å². The molecule has 1 aromatic rings. The van der Waals surface area contributed by atoms with E-state index in [4.69, 9.17) is 13.8 Å². The first kappa shape index (κ1) is 20.8. The molecule has 0 radical (unpaired) electrons. The average molecular weight is 386 g/mol. The average Bonchev–Trinajstić information content (AvgIpc) is 2.96. The van der Waals surface area contributed by atoms with Crippen LogP contribution in [0.15, 0.2) is 27.9 Å². The molecule has 1 heterocycles. The highest BCUT2D eigenvalue weighted by molar-refractivity contribution is 7.53. The van der Waals surface area contributed by atoms with Gasteiger partial charge in [0.2, 0.25) is 0 Å². The zero-order valence-electron chi connectivity index (χ0n) is 15.8. The van der Waals surface area contributed by atoms with Crippen molar-refractivity contribution in [3.8, 4) is 0 Å². The van der Waals surface area contributed by atoms with Gasteiger partial charge in [0.1, 0.15) is 6.35 Å². The molecule has 2 rings (SSSR count). The van der Waals surface area contributed by atoms with Gasteiger partial charge in [-0.25, -0.2) is 4.79 Å². The van der Waals surface area contributed by atoms with Crippen LogP contribution in [-0.4, -0.2) is 34.2 Å². The van der Waals surface area contributed by atoms with E-state index in [2.05, 4.69) is 4.98 Å². The molecule has 1 aliphatic rings. The Morgan fingerprint density at radius 3 is 2.38 bits per heavy atom. The van der Waals surface area contributed by atoms with Crippen LogP contribution in [0.2, 0.25) is 0 Å². The van der Waals surface area contributed by atoms with Gasteiger partial charge in [-0.05, 0) is 34.6 Å². The molecule has 0 aliphatic heterocycles. The quantitative estimate of drug-likeness (QED) is 0.545. The highest BCUT2D eigenvalue weighted by atomic mass is 31.2. The lowest BCUT2D eigenvalue weighted by Gasteiger charge is -2.24. The van der Waals surface area contributed by atoms with E-state index in [-0.39, 0.29) is 30.7 Å². The summed E-state index contributed by atoms with van der Waals surface area (Å²) in [6.45, 7) is 8.78. The summed E-state index contributed by atoms with van der Waals surface area (Å²) in [6, 6.07) is -0.237. The second-order valence-corrected chi connectivity index (χ2v) is 8.82. The first-order chi connectivity index (χ1) is 12.1. The van der Waals surface area contributed by atoms with Crippen LogP contribution in [0.1, 0.15) is 45.7 Å². The van der Waals surface area contributed by atoms with E-state index < -0.39 is 18.8 Å². The van der Waals surface area contributed by atoms with Crippen LogP contribution in [0.4, 0.5) is 0 Å². The smallest absolute Gasteiger partial charge is 0.356 e. The number of nitrogens with zero attached hydrogens (tertiary/aromatic N) is 1. The third-order valence-corrected chi connectivity index (χ3v) is 5.67. The van der Waals surface area contributed by atoms with Crippen molar-refractivity contribution in [3.05, 3.63) is 44.8 Å². The van der Waals surface area contributed by atoms with Crippen molar-refractivity contribution in [2.24, 2.45) is 0 Å². The van der Waals surface area contributed by atoms with Crippen LogP contribution < -0.4 is 11.2 Å². The van der Waals surface area contributed by atoms with Gasteiger partial charge in [0, 0.05) is 18.2 Å². The zero-order valence-corrected chi connectivity index (χ0v) is 16.7. The Hall–Kier alpha value is -1.47. The first-order valence-corrected chi connectivity index (χ1v) is 10.4. The number of hydrogen-bond donors (Lipinski definition) is 1. The molecule has 0 saturated carbocycles. The van der Waals surface area contributed by atoms with Gasteiger partial charge in [-0.3, -0.25) is 18.9 Å². The fourth-order valence-corrected chi connectivity index (χ4v) is 4.56. The Kier molecular flexibility index (Phi) is 6.80. The van der Waals surface area contributed by atoms with Gasteiger partial charge in [0.05, 0.1) is 24.4 Å². The molecule has 1 aliphatic carbocycles. The SMILES string of the molecule is Cc1cn([C@H]2C=C[C@@H](OCP(=O)(OC(C)C)OC(C)C)C2)c(=O)[nH]c1=O. The number of aryl methyl sites for hydroxylation is 1. The van der Waals surface area contributed by atoms with E-state index in [0.717, 1.165) is 0 Å². The van der Waals surface area contributed by atoms with Crippen LogP contribution in [0.3, 0.4) is 0 Å². The highest BCUT2D eigenvalue weighted by Crippen LogP contribution is 2.51. The van der Waals surface area contributed by atoms with E-state index in [0.29, 0.717) is 12.0 Å². The van der Waals surface area contributed by atoms with Crippen LogP contribution in [0.5, 0.6) is 0 Å². The fourth-order valence-electron chi connectivity index (χ4n) is 2.72. The summed E-state index contributed by atoms with van der Waals surface area (Å²) in [6.07, 6.45) is 4.69. The topological polar surface area (TPSA) is 99.6 Å². The van der Waals surface area contributed by atoms with Crippen LogP contribution in [0.25, 0.3) is 0 Å². The molecule has 8 nitrogen and oxygen atoms in total. The third kappa shape index (κ3) is 5.51. The molecule has 0 bridgehead atoms. The zero-order chi connectivity index (χ0) is 19.5. The second-order valence-electron chi connectivity index (χ2n) is 6.92. The Balaban J connectivity index is 2.02. The van der Waals surface area contributed by atoms with E-state index in [1.165, 1.54) is 10.8 Å². The van der Waals surface area contributed by atoms with Gasteiger partial charge >= 0.3 is 13.3 Å². The molecule has 2 atom stereocenters. The number of H-pyrrole nitrogens is 1. The minimum Gasteiger partial charge on any atom is -0.361 e. The minimum absolute atomic E-state index is 0.162. The van der Waals surface area contributed by atoms with Crippen molar-refractivity contribution in [1.29, 1.82) is 0 Å². The lowest BCUT2D eigenvalue weighted by atomic mass is 10.2. The Labute approximate surface area is 152 Å². The summed E-state index contributed by atoms with van der Waals surface area (Å²) < 4.78 is 30.9. The summed E-state index contributed by atoms with van der Waals surface area (Å²) >= 11 is 0. The molecule has 0 amide bonds. The van der Waals surface area contributed by atoms with E-state index in [9.17, 15) is 14.2 Å². The number of nitrogens with one attached hydrogen (secondary N) is 1.